The summed E-state index contributed by atoms with van der Waals surface area (Å²) in [6, 6.07) is 0. The van der Waals surface area contributed by atoms with Gasteiger partial charge in [-0.05, 0) is 0 Å². The van der Waals surface area contributed by atoms with Gasteiger partial charge < -0.3 is 19.3 Å². The fourth-order valence-corrected chi connectivity index (χ4v) is 1.76. The zero-order valence-corrected chi connectivity index (χ0v) is 10.8. The molecule has 0 aliphatic carbocycles. The van der Waals surface area contributed by atoms with Gasteiger partial charge in [-0.2, -0.15) is 4.98 Å². The van der Waals surface area contributed by atoms with Crippen LogP contribution in [0.25, 0.3) is 0 Å². The van der Waals surface area contributed by atoms with E-state index in [1.807, 2.05) is 0 Å². The maximum Gasteiger partial charge on any atom is 0.410 e. The van der Waals surface area contributed by atoms with Crippen LogP contribution in [0.15, 0.2) is 17.2 Å². The van der Waals surface area contributed by atoms with Crippen LogP contribution < -0.4 is 0 Å². The molecule has 0 bridgehead atoms. The predicted molar refractivity (Wildman–Crippen MR) is 66.1 cm³/mol. The third-order valence-electron chi connectivity index (χ3n) is 2.87. The molecule has 1 saturated heterocycles. The highest BCUT2D eigenvalue weighted by Gasteiger charge is 2.35. The van der Waals surface area contributed by atoms with Crippen molar-refractivity contribution >= 4 is 12.1 Å². The van der Waals surface area contributed by atoms with Crippen LogP contribution in [0.5, 0.6) is 0 Å². The number of carboxylic acids is 1. The fourth-order valence-electron chi connectivity index (χ4n) is 1.76. The Morgan fingerprint density at radius 3 is 2.95 bits per heavy atom. The topological polar surface area (TPSA) is 106 Å². The maximum atomic E-state index is 11.5. The van der Waals surface area contributed by atoms with Gasteiger partial charge in [0.15, 0.2) is 5.82 Å². The molecule has 1 fully saturated rings. The molecule has 8 heteroatoms. The summed E-state index contributed by atoms with van der Waals surface area (Å²) in [7, 11) is 0. The van der Waals surface area contributed by atoms with Gasteiger partial charge in [-0.25, -0.2) is 4.79 Å². The van der Waals surface area contributed by atoms with E-state index in [9.17, 15) is 9.59 Å². The van der Waals surface area contributed by atoms with Gasteiger partial charge in [-0.3, -0.25) is 4.79 Å². The van der Waals surface area contributed by atoms with Crippen LogP contribution >= 0.6 is 0 Å². The number of hydrogen-bond acceptors (Lipinski definition) is 6. The standard InChI is InChI=1S/C12H15N3O5/c1-2-5-19-12(18)15-6-8(7-15)11-13-9(20-14-11)3-4-10(16)17/h2,8H,1,3-7H2,(H,16,17). The quantitative estimate of drug-likeness (QED) is 0.769. The van der Waals surface area contributed by atoms with E-state index in [1.54, 1.807) is 0 Å². The number of aromatic nitrogens is 2. The van der Waals surface area contributed by atoms with Crippen molar-refractivity contribution in [3.05, 3.63) is 24.4 Å². The molecule has 1 amide bonds. The molecule has 0 aromatic carbocycles. The van der Waals surface area contributed by atoms with Gasteiger partial charge in [0.05, 0.1) is 12.3 Å². The minimum atomic E-state index is -0.912. The van der Waals surface area contributed by atoms with Crippen molar-refractivity contribution in [2.75, 3.05) is 19.7 Å². The Morgan fingerprint density at radius 2 is 2.30 bits per heavy atom. The highest BCUT2D eigenvalue weighted by molar-refractivity contribution is 5.69. The zero-order chi connectivity index (χ0) is 14.5. The average molecular weight is 281 g/mol. The molecule has 0 atom stereocenters. The normalized spacial score (nSPS) is 14.7. The van der Waals surface area contributed by atoms with Crippen molar-refractivity contribution in [1.82, 2.24) is 15.0 Å². The molecular weight excluding hydrogens is 266 g/mol. The molecule has 1 N–H and O–H groups in total. The zero-order valence-electron chi connectivity index (χ0n) is 10.8. The molecule has 1 aromatic rings. The molecule has 108 valence electrons. The lowest BCUT2D eigenvalue weighted by molar-refractivity contribution is -0.137. The first-order chi connectivity index (χ1) is 9.60. The van der Waals surface area contributed by atoms with Gasteiger partial charge in [0.25, 0.3) is 0 Å². The Labute approximate surface area is 115 Å². The van der Waals surface area contributed by atoms with E-state index in [-0.39, 0.29) is 25.4 Å². The Morgan fingerprint density at radius 1 is 1.55 bits per heavy atom. The van der Waals surface area contributed by atoms with E-state index >= 15 is 0 Å². The SMILES string of the molecule is C=CCOC(=O)N1CC(c2noc(CCC(=O)O)n2)C1. The summed E-state index contributed by atoms with van der Waals surface area (Å²) >= 11 is 0. The number of likely N-dealkylation sites (tertiary alicyclic amines) is 1. The largest absolute Gasteiger partial charge is 0.481 e. The summed E-state index contributed by atoms with van der Waals surface area (Å²) in [6.45, 7) is 4.58. The molecule has 0 radical (unpaired) electrons. The summed E-state index contributed by atoms with van der Waals surface area (Å²) < 4.78 is 9.85. The molecule has 20 heavy (non-hydrogen) atoms. The monoisotopic (exact) mass is 281 g/mol. The lowest BCUT2D eigenvalue weighted by atomic mass is 10.0. The highest BCUT2D eigenvalue weighted by atomic mass is 16.6. The Bertz CT molecular complexity index is 507. The van der Waals surface area contributed by atoms with E-state index < -0.39 is 12.1 Å². The Hall–Kier alpha value is -2.38. The third-order valence-corrected chi connectivity index (χ3v) is 2.87. The first kappa shape index (κ1) is 14.0. The second kappa shape index (κ2) is 6.18. The van der Waals surface area contributed by atoms with Crippen molar-refractivity contribution in [2.24, 2.45) is 0 Å². The van der Waals surface area contributed by atoms with Gasteiger partial charge in [-0.15, -0.1) is 0 Å². The van der Waals surface area contributed by atoms with Crippen molar-refractivity contribution < 1.29 is 24.0 Å². The van der Waals surface area contributed by atoms with Crippen LogP contribution in [-0.2, 0) is 16.0 Å². The lowest BCUT2D eigenvalue weighted by Gasteiger charge is -2.36. The lowest BCUT2D eigenvalue weighted by Crippen LogP contribution is -2.49. The molecule has 1 aliphatic heterocycles. The first-order valence-corrected chi connectivity index (χ1v) is 6.17. The number of rotatable bonds is 6. The molecule has 0 spiro atoms. The number of nitrogens with zero attached hydrogens (tertiary/aromatic N) is 3. The number of hydrogen-bond donors (Lipinski definition) is 1. The molecular formula is C12H15N3O5. The van der Waals surface area contributed by atoms with E-state index in [0.29, 0.717) is 24.8 Å². The molecule has 1 aliphatic rings. The second-order valence-corrected chi connectivity index (χ2v) is 4.41. The number of carbonyl (C=O) groups is 2. The minimum Gasteiger partial charge on any atom is -0.481 e. The highest BCUT2D eigenvalue weighted by Crippen LogP contribution is 2.25. The number of carbonyl (C=O) groups excluding carboxylic acids is 1. The second-order valence-electron chi connectivity index (χ2n) is 4.41. The van der Waals surface area contributed by atoms with Gasteiger partial charge in [0.1, 0.15) is 6.61 Å². The van der Waals surface area contributed by atoms with Crippen molar-refractivity contribution in [2.45, 2.75) is 18.8 Å². The number of amides is 1. The van der Waals surface area contributed by atoms with Crippen molar-refractivity contribution in [3.8, 4) is 0 Å². The molecule has 8 nitrogen and oxygen atoms in total. The summed E-state index contributed by atoms with van der Waals surface area (Å²) in [5.74, 6) is -0.105. The molecule has 0 saturated carbocycles. The average Bonchev–Trinajstić information content (AvgIpc) is 2.80. The van der Waals surface area contributed by atoms with Gasteiger partial charge >= 0.3 is 12.1 Å². The molecule has 2 rings (SSSR count). The van der Waals surface area contributed by atoms with Gasteiger partial charge in [0, 0.05) is 19.5 Å². The summed E-state index contributed by atoms with van der Waals surface area (Å²) in [5, 5.41) is 12.4. The molecule has 1 aromatic heterocycles. The predicted octanol–water partition coefficient (Wildman–Crippen LogP) is 0.809. The molecule has 0 unspecified atom stereocenters. The number of carboxylic acid groups (broad SMARTS) is 1. The smallest absolute Gasteiger partial charge is 0.410 e. The summed E-state index contributed by atoms with van der Waals surface area (Å²) in [5.41, 5.74) is 0. The maximum absolute atomic E-state index is 11.5. The first-order valence-electron chi connectivity index (χ1n) is 6.17. The van der Waals surface area contributed by atoms with Crippen LogP contribution in [0.4, 0.5) is 4.79 Å². The number of aryl methyl sites for hydroxylation is 1. The van der Waals surface area contributed by atoms with Gasteiger partial charge in [0.2, 0.25) is 5.89 Å². The Kier molecular flexibility index (Phi) is 4.34. The third kappa shape index (κ3) is 3.34. The summed E-state index contributed by atoms with van der Waals surface area (Å²) in [4.78, 5) is 27.6. The molecule has 2 heterocycles. The van der Waals surface area contributed by atoms with Crippen LogP contribution in [0.3, 0.4) is 0 Å². The summed E-state index contributed by atoms with van der Waals surface area (Å²) in [6.07, 6.45) is 1.27. The fraction of sp³-hybridized carbons (Fsp3) is 0.500. The van der Waals surface area contributed by atoms with Crippen LogP contribution in [-0.4, -0.2) is 51.9 Å². The van der Waals surface area contributed by atoms with E-state index in [1.165, 1.54) is 11.0 Å². The number of ether oxygens (including phenoxy) is 1. The van der Waals surface area contributed by atoms with E-state index in [0.717, 1.165) is 0 Å². The number of aliphatic carboxylic acids is 1. The van der Waals surface area contributed by atoms with Crippen LogP contribution in [0, 0.1) is 0 Å². The van der Waals surface area contributed by atoms with Crippen LogP contribution in [0.1, 0.15) is 24.1 Å². The Balaban J connectivity index is 1.79. The van der Waals surface area contributed by atoms with Gasteiger partial charge in [-0.1, -0.05) is 17.8 Å². The van der Waals surface area contributed by atoms with Crippen molar-refractivity contribution in [1.29, 1.82) is 0 Å². The van der Waals surface area contributed by atoms with Crippen LogP contribution in [0.2, 0.25) is 0 Å². The minimum absolute atomic E-state index is 0.00797. The van der Waals surface area contributed by atoms with Crippen molar-refractivity contribution in [3.63, 3.8) is 0 Å². The van der Waals surface area contributed by atoms with E-state index in [4.69, 9.17) is 14.4 Å². The van der Waals surface area contributed by atoms with E-state index in [2.05, 4.69) is 16.7 Å².